The third-order valence-electron chi connectivity index (χ3n) is 2.43. The van der Waals surface area contributed by atoms with Crippen LogP contribution in [-0.2, 0) is 4.79 Å². The average Bonchev–Trinajstić information content (AvgIpc) is 2.60. The molecule has 0 amide bonds. The molecule has 2 rings (SSSR count). The smallest absolute Gasteiger partial charge is 0.341 e. The van der Waals surface area contributed by atoms with Gasteiger partial charge in [0.25, 0.3) is 0 Å². The lowest BCUT2D eigenvalue weighted by atomic mass is 9.91. The summed E-state index contributed by atoms with van der Waals surface area (Å²) in [5, 5.41) is 9.08. The van der Waals surface area contributed by atoms with Crippen LogP contribution in [-0.4, -0.2) is 22.9 Å². The van der Waals surface area contributed by atoms with Gasteiger partial charge in [0.1, 0.15) is 0 Å². The highest BCUT2D eigenvalue weighted by Crippen LogP contribution is 2.42. The first-order valence-electron chi connectivity index (χ1n) is 4.41. The number of carboxylic acid groups (broad SMARTS) is 1. The van der Waals surface area contributed by atoms with Crippen molar-refractivity contribution in [1.29, 1.82) is 0 Å². The van der Waals surface area contributed by atoms with Crippen LogP contribution in [0.15, 0.2) is 34.8 Å². The van der Waals surface area contributed by atoms with Crippen LogP contribution >= 0.6 is 11.8 Å². The Labute approximate surface area is 86.4 Å². The summed E-state index contributed by atoms with van der Waals surface area (Å²) in [5.41, 5.74) is 6.70. The molecule has 4 heteroatoms. The molecular weight excluding hydrogens is 198 g/mol. The summed E-state index contributed by atoms with van der Waals surface area (Å²) < 4.78 is 0. The zero-order valence-electron chi connectivity index (χ0n) is 7.51. The van der Waals surface area contributed by atoms with Crippen LogP contribution in [0.5, 0.6) is 0 Å². The van der Waals surface area contributed by atoms with Gasteiger partial charge in [-0.25, -0.2) is 4.79 Å². The SMILES string of the molecule is NCC1=CC=CC2SC(C(=O)O)=CC12. The molecule has 0 bridgehead atoms. The molecule has 0 saturated heterocycles. The first-order chi connectivity index (χ1) is 6.72. The van der Waals surface area contributed by atoms with Crippen molar-refractivity contribution in [3.05, 3.63) is 34.8 Å². The van der Waals surface area contributed by atoms with Crippen molar-refractivity contribution in [3.63, 3.8) is 0 Å². The number of hydrogen-bond acceptors (Lipinski definition) is 3. The minimum absolute atomic E-state index is 0.182. The molecular formula is C10H11NO2S. The van der Waals surface area contributed by atoms with Gasteiger partial charge in [-0.3, -0.25) is 0 Å². The van der Waals surface area contributed by atoms with Gasteiger partial charge in [-0.2, -0.15) is 0 Å². The molecule has 1 heterocycles. The van der Waals surface area contributed by atoms with Crippen LogP contribution in [0.3, 0.4) is 0 Å². The van der Waals surface area contributed by atoms with Crippen molar-refractivity contribution in [2.24, 2.45) is 11.7 Å². The van der Waals surface area contributed by atoms with E-state index in [1.807, 2.05) is 18.2 Å². The summed E-state index contributed by atoms with van der Waals surface area (Å²) in [6.45, 7) is 0.496. The van der Waals surface area contributed by atoms with Gasteiger partial charge in [0, 0.05) is 17.7 Å². The summed E-state index contributed by atoms with van der Waals surface area (Å²) in [6.07, 6.45) is 7.76. The molecule has 74 valence electrons. The van der Waals surface area contributed by atoms with E-state index in [9.17, 15) is 4.79 Å². The van der Waals surface area contributed by atoms with Crippen molar-refractivity contribution < 1.29 is 9.90 Å². The van der Waals surface area contributed by atoms with Gasteiger partial charge in [0.15, 0.2) is 0 Å². The molecule has 3 N–H and O–H groups in total. The maximum absolute atomic E-state index is 10.8. The van der Waals surface area contributed by atoms with E-state index in [1.165, 1.54) is 11.8 Å². The third kappa shape index (κ3) is 1.51. The fraction of sp³-hybridized carbons (Fsp3) is 0.300. The Kier molecular flexibility index (Phi) is 2.48. The molecule has 0 aromatic heterocycles. The Balaban J connectivity index is 2.26. The van der Waals surface area contributed by atoms with Crippen LogP contribution in [0.4, 0.5) is 0 Å². The Hall–Kier alpha value is -1.00. The number of hydrogen-bond donors (Lipinski definition) is 2. The highest BCUT2D eigenvalue weighted by molar-refractivity contribution is 8.05. The molecule has 2 atom stereocenters. The lowest BCUT2D eigenvalue weighted by Gasteiger charge is -2.20. The molecule has 2 unspecified atom stereocenters. The third-order valence-corrected chi connectivity index (χ3v) is 3.72. The Morgan fingerprint density at radius 2 is 2.43 bits per heavy atom. The summed E-state index contributed by atoms with van der Waals surface area (Å²) in [5.74, 6) is -0.657. The maximum atomic E-state index is 10.8. The van der Waals surface area contributed by atoms with E-state index in [1.54, 1.807) is 6.08 Å². The van der Waals surface area contributed by atoms with E-state index < -0.39 is 5.97 Å². The predicted molar refractivity (Wildman–Crippen MR) is 56.9 cm³/mol. The molecule has 0 aromatic rings. The monoisotopic (exact) mass is 209 g/mol. The fourth-order valence-corrected chi connectivity index (χ4v) is 2.91. The van der Waals surface area contributed by atoms with Gasteiger partial charge in [0.2, 0.25) is 0 Å². The van der Waals surface area contributed by atoms with Crippen LogP contribution in [0, 0.1) is 5.92 Å². The maximum Gasteiger partial charge on any atom is 0.341 e. The molecule has 2 aliphatic rings. The Morgan fingerprint density at radius 3 is 3.07 bits per heavy atom. The minimum Gasteiger partial charge on any atom is -0.477 e. The van der Waals surface area contributed by atoms with Crippen molar-refractivity contribution in [1.82, 2.24) is 0 Å². The fourth-order valence-electron chi connectivity index (χ4n) is 1.72. The lowest BCUT2D eigenvalue weighted by Crippen LogP contribution is -2.19. The van der Waals surface area contributed by atoms with Gasteiger partial charge in [-0.1, -0.05) is 24.3 Å². The van der Waals surface area contributed by atoms with Crippen molar-refractivity contribution in [2.45, 2.75) is 5.25 Å². The van der Waals surface area contributed by atoms with Gasteiger partial charge in [0.05, 0.1) is 4.91 Å². The Bertz CT molecular complexity index is 357. The highest BCUT2D eigenvalue weighted by Gasteiger charge is 2.32. The van der Waals surface area contributed by atoms with E-state index in [2.05, 4.69) is 0 Å². The summed E-state index contributed by atoms with van der Waals surface area (Å²) in [6, 6.07) is 0. The minimum atomic E-state index is -0.839. The molecule has 1 aliphatic heterocycles. The molecule has 1 aliphatic carbocycles. The van der Waals surface area contributed by atoms with Crippen LogP contribution in [0.1, 0.15) is 0 Å². The topological polar surface area (TPSA) is 63.3 Å². The molecule has 0 saturated carbocycles. The van der Waals surface area contributed by atoms with Gasteiger partial charge in [-0.15, -0.1) is 11.8 Å². The molecule has 0 fully saturated rings. The standard InChI is InChI=1S/C10H11NO2S/c11-5-6-2-1-3-8-7(6)4-9(14-8)10(12)13/h1-4,7-8H,5,11H2,(H,12,13). The second-order valence-electron chi connectivity index (χ2n) is 3.27. The molecule has 3 nitrogen and oxygen atoms in total. The van der Waals surface area contributed by atoms with E-state index in [-0.39, 0.29) is 11.2 Å². The number of carboxylic acids is 1. The average molecular weight is 209 g/mol. The number of nitrogens with two attached hydrogens (primary N) is 1. The van der Waals surface area contributed by atoms with Gasteiger partial charge >= 0.3 is 5.97 Å². The predicted octanol–water partition coefficient (Wildman–Crippen LogP) is 1.14. The number of thioether (sulfide) groups is 1. The van der Waals surface area contributed by atoms with Crippen molar-refractivity contribution >= 4 is 17.7 Å². The summed E-state index contributed by atoms with van der Waals surface area (Å²) in [7, 11) is 0. The number of rotatable bonds is 2. The Morgan fingerprint density at radius 1 is 1.64 bits per heavy atom. The van der Waals surface area contributed by atoms with E-state index >= 15 is 0 Å². The second-order valence-corrected chi connectivity index (χ2v) is 4.49. The molecule has 0 spiro atoms. The zero-order valence-corrected chi connectivity index (χ0v) is 8.33. The number of fused-ring (bicyclic) bond motifs is 1. The second kappa shape index (κ2) is 3.63. The van der Waals surface area contributed by atoms with Crippen molar-refractivity contribution in [3.8, 4) is 0 Å². The van der Waals surface area contributed by atoms with E-state index in [0.717, 1.165) is 5.57 Å². The first-order valence-corrected chi connectivity index (χ1v) is 5.29. The molecule has 0 aromatic carbocycles. The number of carbonyl (C=O) groups is 1. The lowest BCUT2D eigenvalue weighted by molar-refractivity contribution is -0.131. The normalized spacial score (nSPS) is 29.5. The quantitative estimate of drug-likeness (QED) is 0.716. The van der Waals surface area contributed by atoms with Crippen LogP contribution in [0.25, 0.3) is 0 Å². The van der Waals surface area contributed by atoms with Crippen molar-refractivity contribution in [2.75, 3.05) is 6.54 Å². The summed E-state index contributed by atoms with van der Waals surface area (Å²) >= 11 is 1.40. The van der Waals surface area contributed by atoms with E-state index in [0.29, 0.717) is 11.4 Å². The van der Waals surface area contributed by atoms with Crippen LogP contribution < -0.4 is 5.73 Å². The summed E-state index contributed by atoms with van der Waals surface area (Å²) in [4.78, 5) is 11.2. The van der Waals surface area contributed by atoms with E-state index in [4.69, 9.17) is 10.8 Å². The largest absolute Gasteiger partial charge is 0.477 e. The zero-order chi connectivity index (χ0) is 10.1. The van der Waals surface area contributed by atoms with Gasteiger partial charge < -0.3 is 10.8 Å². The number of aliphatic carboxylic acids is 1. The van der Waals surface area contributed by atoms with Crippen LogP contribution in [0.2, 0.25) is 0 Å². The first kappa shape index (κ1) is 9.55. The molecule has 14 heavy (non-hydrogen) atoms. The van der Waals surface area contributed by atoms with Gasteiger partial charge in [-0.05, 0) is 5.57 Å². The highest BCUT2D eigenvalue weighted by atomic mass is 32.2. The number of allylic oxidation sites excluding steroid dienone is 3. The molecule has 0 radical (unpaired) electrons.